The van der Waals surface area contributed by atoms with Gasteiger partial charge >= 0.3 is 0 Å². The van der Waals surface area contributed by atoms with Gasteiger partial charge in [0.15, 0.2) is 17.3 Å². The molecule has 0 saturated carbocycles. The smallest absolute Gasteiger partial charge is 0.164 e. The largest absolute Gasteiger partial charge is 0.493 e. The molecule has 0 aliphatic heterocycles. The van der Waals surface area contributed by atoms with Gasteiger partial charge < -0.3 is 14.2 Å². The predicted octanol–water partition coefficient (Wildman–Crippen LogP) is 3.59. The second-order valence-electron chi connectivity index (χ2n) is 5.18. The van der Waals surface area contributed by atoms with Crippen molar-refractivity contribution in [2.24, 2.45) is 0 Å². The van der Waals surface area contributed by atoms with Crippen LogP contribution < -0.4 is 9.47 Å². The van der Waals surface area contributed by atoms with Crippen molar-refractivity contribution < 1.29 is 19.0 Å². The standard InChI is InChI=1S/C20H22O4/c1-3-18(21)14-17-10-7-11-19(22-2)20(17)24-13-12-23-15-16-8-5-4-6-9-16/h3-11H,1,12-15H2,2H3. The lowest BCUT2D eigenvalue weighted by Crippen LogP contribution is -2.10. The summed E-state index contributed by atoms with van der Waals surface area (Å²) in [5.74, 6) is 1.12. The normalized spacial score (nSPS) is 10.2. The summed E-state index contributed by atoms with van der Waals surface area (Å²) in [6.45, 7) is 4.87. The summed E-state index contributed by atoms with van der Waals surface area (Å²) in [6, 6.07) is 15.5. The number of allylic oxidation sites excluding steroid dienone is 1. The molecule has 0 bridgehead atoms. The number of para-hydroxylation sites is 1. The van der Waals surface area contributed by atoms with Gasteiger partial charge in [-0.3, -0.25) is 4.79 Å². The van der Waals surface area contributed by atoms with Crippen LogP contribution in [-0.2, 0) is 22.6 Å². The van der Waals surface area contributed by atoms with Crippen LogP contribution in [0.25, 0.3) is 0 Å². The highest BCUT2D eigenvalue weighted by Gasteiger charge is 2.12. The summed E-state index contributed by atoms with van der Waals surface area (Å²) in [5, 5.41) is 0. The van der Waals surface area contributed by atoms with E-state index in [4.69, 9.17) is 14.2 Å². The summed E-state index contributed by atoms with van der Waals surface area (Å²) in [4.78, 5) is 11.6. The monoisotopic (exact) mass is 326 g/mol. The van der Waals surface area contributed by atoms with Crippen LogP contribution in [0.15, 0.2) is 61.2 Å². The van der Waals surface area contributed by atoms with Gasteiger partial charge in [0.1, 0.15) is 6.61 Å². The Kier molecular flexibility index (Phi) is 7.05. The topological polar surface area (TPSA) is 44.8 Å². The average molecular weight is 326 g/mol. The van der Waals surface area contributed by atoms with E-state index in [1.54, 1.807) is 7.11 Å². The number of ketones is 1. The number of carbonyl (C=O) groups excluding carboxylic acids is 1. The molecule has 4 nitrogen and oxygen atoms in total. The summed E-state index contributed by atoms with van der Waals surface area (Å²) in [7, 11) is 1.58. The average Bonchev–Trinajstić information content (AvgIpc) is 2.63. The van der Waals surface area contributed by atoms with E-state index in [0.29, 0.717) is 31.3 Å². The Bertz CT molecular complexity index is 665. The molecule has 0 aliphatic rings. The second kappa shape index (κ2) is 9.53. The molecular formula is C20H22O4. The Balaban J connectivity index is 1.90. The van der Waals surface area contributed by atoms with Crippen molar-refractivity contribution in [1.29, 1.82) is 0 Å². The second-order valence-corrected chi connectivity index (χ2v) is 5.18. The molecule has 0 unspecified atom stereocenters. The first-order valence-electron chi connectivity index (χ1n) is 7.80. The fourth-order valence-corrected chi connectivity index (χ4v) is 2.25. The zero-order valence-corrected chi connectivity index (χ0v) is 13.9. The first kappa shape index (κ1) is 17.8. The number of hydrogen-bond acceptors (Lipinski definition) is 4. The van der Waals surface area contributed by atoms with Gasteiger partial charge in [0, 0.05) is 12.0 Å². The van der Waals surface area contributed by atoms with Crippen LogP contribution in [0.5, 0.6) is 11.5 Å². The maximum atomic E-state index is 11.6. The molecule has 4 heteroatoms. The Morgan fingerprint density at radius 1 is 1.08 bits per heavy atom. The first-order valence-corrected chi connectivity index (χ1v) is 7.80. The molecule has 2 rings (SSSR count). The van der Waals surface area contributed by atoms with Crippen molar-refractivity contribution in [1.82, 2.24) is 0 Å². The van der Waals surface area contributed by atoms with Crippen LogP contribution >= 0.6 is 0 Å². The summed E-state index contributed by atoms with van der Waals surface area (Å²) < 4.78 is 16.7. The summed E-state index contributed by atoms with van der Waals surface area (Å²) in [5.41, 5.74) is 1.90. The van der Waals surface area contributed by atoms with Crippen LogP contribution in [0.3, 0.4) is 0 Å². The number of carbonyl (C=O) groups is 1. The van der Waals surface area contributed by atoms with Crippen LogP contribution in [0.1, 0.15) is 11.1 Å². The van der Waals surface area contributed by atoms with Gasteiger partial charge in [-0.15, -0.1) is 0 Å². The van der Waals surface area contributed by atoms with Gasteiger partial charge in [-0.2, -0.15) is 0 Å². The maximum absolute atomic E-state index is 11.6. The van der Waals surface area contributed by atoms with Gasteiger partial charge in [-0.1, -0.05) is 49.0 Å². The van der Waals surface area contributed by atoms with Crippen LogP contribution in [0.4, 0.5) is 0 Å². The minimum Gasteiger partial charge on any atom is -0.493 e. The number of rotatable bonds is 10. The van der Waals surface area contributed by atoms with Crippen LogP contribution in [-0.4, -0.2) is 26.1 Å². The molecule has 0 heterocycles. The lowest BCUT2D eigenvalue weighted by molar-refractivity contribution is -0.114. The molecule has 0 spiro atoms. The minimum absolute atomic E-state index is 0.0616. The van der Waals surface area contributed by atoms with Gasteiger partial charge in [0.25, 0.3) is 0 Å². The van der Waals surface area contributed by atoms with Crippen molar-refractivity contribution in [2.45, 2.75) is 13.0 Å². The van der Waals surface area contributed by atoms with Crippen molar-refractivity contribution in [2.75, 3.05) is 20.3 Å². The molecule has 126 valence electrons. The van der Waals surface area contributed by atoms with Crippen molar-refractivity contribution in [3.05, 3.63) is 72.3 Å². The third-order valence-electron chi connectivity index (χ3n) is 3.46. The van der Waals surface area contributed by atoms with E-state index in [2.05, 4.69) is 6.58 Å². The molecule has 0 atom stereocenters. The SMILES string of the molecule is C=CC(=O)Cc1cccc(OC)c1OCCOCc1ccccc1. The molecule has 0 amide bonds. The zero-order chi connectivity index (χ0) is 17.2. The number of benzene rings is 2. The molecule has 0 N–H and O–H groups in total. The minimum atomic E-state index is -0.0616. The Hall–Kier alpha value is -2.59. The first-order chi connectivity index (χ1) is 11.7. The Morgan fingerprint density at radius 2 is 1.88 bits per heavy atom. The highest BCUT2D eigenvalue weighted by molar-refractivity contribution is 5.91. The van der Waals surface area contributed by atoms with Crippen molar-refractivity contribution in [3.8, 4) is 11.5 Å². The summed E-state index contributed by atoms with van der Waals surface area (Å²) in [6.07, 6.45) is 1.55. The lowest BCUT2D eigenvalue weighted by atomic mass is 10.1. The number of ether oxygens (including phenoxy) is 3. The quantitative estimate of drug-likeness (QED) is 0.494. The van der Waals surface area contributed by atoms with Gasteiger partial charge in [0.2, 0.25) is 0 Å². The van der Waals surface area contributed by atoms with E-state index < -0.39 is 0 Å². The third-order valence-corrected chi connectivity index (χ3v) is 3.46. The van der Waals surface area contributed by atoms with Gasteiger partial charge in [-0.25, -0.2) is 0 Å². The highest BCUT2D eigenvalue weighted by Crippen LogP contribution is 2.31. The van der Waals surface area contributed by atoms with E-state index in [0.717, 1.165) is 11.1 Å². The van der Waals surface area contributed by atoms with E-state index >= 15 is 0 Å². The Morgan fingerprint density at radius 3 is 2.58 bits per heavy atom. The van der Waals surface area contributed by atoms with Crippen LogP contribution in [0.2, 0.25) is 0 Å². The molecule has 0 aliphatic carbocycles. The van der Waals surface area contributed by atoms with E-state index in [1.807, 2.05) is 48.5 Å². The van der Waals surface area contributed by atoms with Crippen molar-refractivity contribution in [3.63, 3.8) is 0 Å². The fraction of sp³-hybridized carbons (Fsp3) is 0.250. The van der Waals surface area contributed by atoms with E-state index in [9.17, 15) is 4.79 Å². The molecule has 24 heavy (non-hydrogen) atoms. The fourth-order valence-electron chi connectivity index (χ4n) is 2.25. The third kappa shape index (κ3) is 5.25. The zero-order valence-electron chi connectivity index (χ0n) is 13.9. The molecule has 2 aromatic carbocycles. The van der Waals surface area contributed by atoms with Crippen molar-refractivity contribution >= 4 is 5.78 Å². The highest BCUT2D eigenvalue weighted by atomic mass is 16.5. The van der Waals surface area contributed by atoms with Crippen LogP contribution in [0, 0.1) is 0 Å². The Labute approximate surface area is 142 Å². The predicted molar refractivity (Wildman–Crippen MR) is 93.5 cm³/mol. The summed E-state index contributed by atoms with van der Waals surface area (Å²) >= 11 is 0. The molecular weight excluding hydrogens is 304 g/mol. The maximum Gasteiger partial charge on any atom is 0.164 e. The molecule has 2 aromatic rings. The molecule has 0 aromatic heterocycles. The molecule has 0 radical (unpaired) electrons. The number of hydrogen-bond donors (Lipinski definition) is 0. The van der Waals surface area contributed by atoms with Gasteiger partial charge in [0.05, 0.1) is 20.3 Å². The molecule has 0 saturated heterocycles. The molecule has 0 fully saturated rings. The number of methoxy groups -OCH3 is 1. The van der Waals surface area contributed by atoms with Gasteiger partial charge in [-0.05, 0) is 17.7 Å². The van der Waals surface area contributed by atoms with E-state index in [1.165, 1.54) is 6.08 Å². The lowest BCUT2D eigenvalue weighted by Gasteiger charge is -2.14. The van der Waals surface area contributed by atoms with E-state index in [-0.39, 0.29) is 12.2 Å².